The first-order valence-corrected chi connectivity index (χ1v) is 10.7. The van der Waals surface area contributed by atoms with Gasteiger partial charge < -0.3 is 20.1 Å². The molecule has 8 nitrogen and oxygen atoms in total. The Balaban J connectivity index is 2.02. The average molecular weight is 426 g/mol. The first-order chi connectivity index (χ1) is 13.3. The normalized spacial score (nSPS) is 22.0. The van der Waals surface area contributed by atoms with Crippen LogP contribution < -0.4 is 10.6 Å². The quantitative estimate of drug-likeness (QED) is 0.569. The molecule has 1 aliphatic heterocycles. The van der Waals surface area contributed by atoms with Crippen LogP contribution in [0.25, 0.3) is 0 Å². The van der Waals surface area contributed by atoms with Gasteiger partial charge in [-0.15, -0.1) is 11.3 Å². The number of hydrogen-bond donors (Lipinski definition) is 2. The molecule has 0 aromatic carbocycles. The summed E-state index contributed by atoms with van der Waals surface area (Å²) in [7, 11) is 1.72. The second-order valence-electron chi connectivity index (χ2n) is 8.74. The van der Waals surface area contributed by atoms with Gasteiger partial charge in [0.2, 0.25) is 0 Å². The van der Waals surface area contributed by atoms with Crippen molar-refractivity contribution in [2.24, 2.45) is 4.99 Å². The van der Waals surface area contributed by atoms with Crippen molar-refractivity contribution in [1.29, 1.82) is 0 Å². The van der Waals surface area contributed by atoms with Crippen LogP contribution in [-0.2, 0) is 16.0 Å². The molecule has 1 aromatic rings. The van der Waals surface area contributed by atoms with Gasteiger partial charge in [-0.2, -0.15) is 0 Å². The minimum Gasteiger partial charge on any atom is -0.444 e. The molecule has 164 valence electrons. The maximum absolute atomic E-state index is 12.8. The van der Waals surface area contributed by atoms with Crippen molar-refractivity contribution in [3.63, 3.8) is 0 Å². The summed E-state index contributed by atoms with van der Waals surface area (Å²) in [4.78, 5) is 24.5. The number of hydrogen-bond acceptors (Lipinski definition) is 6. The van der Waals surface area contributed by atoms with E-state index < -0.39 is 11.3 Å². The molecule has 0 bridgehead atoms. The predicted octanol–water partition coefficient (Wildman–Crippen LogP) is 3.19. The molecule has 29 heavy (non-hydrogen) atoms. The highest BCUT2D eigenvalue weighted by Crippen LogP contribution is 2.33. The van der Waals surface area contributed by atoms with E-state index in [1.807, 2.05) is 48.5 Å². The predicted molar refractivity (Wildman–Crippen MR) is 116 cm³/mol. The molecule has 2 rings (SSSR count). The second-order valence-corrected chi connectivity index (χ2v) is 10.0. The van der Waals surface area contributed by atoms with Crippen molar-refractivity contribution in [3.8, 4) is 0 Å². The van der Waals surface area contributed by atoms with Gasteiger partial charge in [-0.3, -0.25) is 9.89 Å². The Bertz CT molecular complexity index is 734. The van der Waals surface area contributed by atoms with Crippen LogP contribution in [0.3, 0.4) is 0 Å². The Hall–Kier alpha value is -1.87. The number of amides is 1. The number of nitrogens with zero attached hydrogens (tertiary/aromatic N) is 3. The Kier molecular flexibility index (Phi) is 7.16. The molecule has 1 amide bonds. The third kappa shape index (κ3) is 6.05. The van der Waals surface area contributed by atoms with E-state index in [-0.39, 0.29) is 18.2 Å². The van der Waals surface area contributed by atoms with Crippen molar-refractivity contribution in [3.05, 3.63) is 15.6 Å². The van der Waals surface area contributed by atoms with E-state index >= 15 is 0 Å². The number of nitrogens with one attached hydrogen (secondary N) is 2. The number of thiazole rings is 1. The molecule has 2 N–H and O–H groups in total. The van der Waals surface area contributed by atoms with Gasteiger partial charge in [0.05, 0.1) is 24.4 Å². The van der Waals surface area contributed by atoms with Crippen LogP contribution in [0.15, 0.2) is 4.99 Å². The average Bonchev–Trinajstić information content (AvgIpc) is 3.00. The summed E-state index contributed by atoms with van der Waals surface area (Å²) in [5.41, 5.74) is -0.263. The smallest absolute Gasteiger partial charge is 0.412 e. The van der Waals surface area contributed by atoms with Crippen molar-refractivity contribution in [2.45, 2.75) is 85.4 Å². The van der Waals surface area contributed by atoms with Gasteiger partial charge in [0.15, 0.2) is 5.96 Å². The van der Waals surface area contributed by atoms with Crippen molar-refractivity contribution < 1.29 is 14.3 Å². The number of rotatable bonds is 4. The molecule has 0 aliphatic carbocycles. The zero-order valence-electron chi connectivity index (χ0n) is 19.0. The van der Waals surface area contributed by atoms with Gasteiger partial charge in [0.25, 0.3) is 0 Å². The molecular weight excluding hydrogens is 390 g/mol. The summed E-state index contributed by atoms with van der Waals surface area (Å²) in [6, 6.07) is -0.192. The van der Waals surface area contributed by atoms with Gasteiger partial charge in [0.1, 0.15) is 16.3 Å². The molecular formula is C20H35N5O3S. The number of carbonyl (C=O) groups is 1. The summed E-state index contributed by atoms with van der Waals surface area (Å²) in [5.74, 6) is 0.650. The fourth-order valence-electron chi connectivity index (χ4n) is 3.32. The maximum Gasteiger partial charge on any atom is 0.412 e. The minimum atomic E-state index is -0.749. The lowest BCUT2D eigenvalue weighted by atomic mass is 10.1. The highest BCUT2D eigenvalue weighted by Gasteiger charge is 2.49. The number of ether oxygens (including phenoxy) is 2. The van der Waals surface area contributed by atoms with Crippen molar-refractivity contribution >= 4 is 23.4 Å². The monoisotopic (exact) mass is 425 g/mol. The van der Waals surface area contributed by atoms with E-state index in [2.05, 4.69) is 27.5 Å². The van der Waals surface area contributed by atoms with Crippen LogP contribution in [0.2, 0.25) is 0 Å². The van der Waals surface area contributed by atoms with Crippen LogP contribution in [0.5, 0.6) is 0 Å². The van der Waals surface area contributed by atoms with Gasteiger partial charge in [0, 0.05) is 18.5 Å². The fourth-order valence-corrected chi connectivity index (χ4v) is 4.19. The van der Waals surface area contributed by atoms with Crippen LogP contribution >= 0.6 is 11.3 Å². The fraction of sp³-hybridized carbons (Fsp3) is 0.750. The summed E-state index contributed by atoms with van der Waals surface area (Å²) >= 11 is 1.67. The Morgan fingerprint density at radius 3 is 2.52 bits per heavy atom. The first kappa shape index (κ1) is 23.4. The Labute approximate surface area is 178 Å². The van der Waals surface area contributed by atoms with Crippen molar-refractivity contribution in [2.75, 3.05) is 13.6 Å². The molecule has 9 heteroatoms. The molecule has 1 fully saturated rings. The lowest BCUT2D eigenvalue weighted by molar-refractivity contribution is -0.0755. The summed E-state index contributed by atoms with van der Waals surface area (Å²) in [5, 5.41) is 7.60. The SMILES string of the molecule is CN=C(NCc1nc(C)c(C)s1)NCC1C(C)OC(C)(C)N1C(=O)OC(C)(C)C. The second kappa shape index (κ2) is 8.87. The zero-order chi connectivity index (χ0) is 22.0. The van der Waals surface area contributed by atoms with Crippen molar-refractivity contribution in [1.82, 2.24) is 20.5 Å². The number of carbonyl (C=O) groups excluding carboxylic acids is 1. The molecule has 1 saturated heterocycles. The van der Waals surface area contributed by atoms with E-state index in [1.165, 1.54) is 4.88 Å². The summed E-state index contributed by atoms with van der Waals surface area (Å²) in [6.07, 6.45) is -0.525. The largest absolute Gasteiger partial charge is 0.444 e. The molecule has 1 aliphatic rings. The molecule has 0 radical (unpaired) electrons. The van der Waals surface area contributed by atoms with E-state index in [0.717, 1.165) is 10.7 Å². The molecule has 2 heterocycles. The Morgan fingerprint density at radius 2 is 2.00 bits per heavy atom. The molecule has 0 saturated carbocycles. The van der Waals surface area contributed by atoms with Gasteiger partial charge in [-0.1, -0.05) is 0 Å². The third-order valence-corrected chi connectivity index (χ3v) is 5.77. The Morgan fingerprint density at radius 1 is 1.34 bits per heavy atom. The van der Waals surface area contributed by atoms with E-state index in [4.69, 9.17) is 9.47 Å². The standard InChI is InChI=1S/C20H35N5O3S/c1-12-14(3)29-16(24-12)11-23-17(21-9)22-10-15-13(2)27-20(7,8)25(15)18(26)28-19(4,5)6/h13,15H,10-11H2,1-9H3,(H2,21,22,23). The van der Waals surface area contributed by atoms with E-state index in [0.29, 0.717) is 19.0 Å². The van der Waals surface area contributed by atoms with Gasteiger partial charge >= 0.3 is 6.09 Å². The van der Waals surface area contributed by atoms with Crippen LogP contribution in [0.1, 0.15) is 57.1 Å². The van der Waals surface area contributed by atoms with Crippen LogP contribution in [0.4, 0.5) is 4.79 Å². The lowest BCUT2D eigenvalue weighted by Gasteiger charge is -2.35. The third-order valence-electron chi connectivity index (χ3n) is 4.70. The molecule has 2 atom stereocenters. The molecule has 2 unspecified atom stereocenters. The van der Waals surface area contributed by atoms with Crippen LogP contribution in [-0.4, -0.2) is 59.0 Å². The molecule has 0 spiro atoms. The first-order valence-electron chi connectivity index (χ1n) is 9.91. The number of guanidine groups is 1. The lowest BCUT2D eigenvalue weighted by Crippen LogP contribution is -2.54. The van der Waals surface area contributed by atoms with Gasteiger partial charge in [-0.25, -0.2) is 9.78 Å². The summed E-state index contributed by atoms with van der Waals surface area (Å²) in [6.45, 7) is 16.5. The minimum absolute atomic E-state index is 0.146. The van der Waals surface area contributed by atoms with E-state index in [9.17, 15) is 4.79 Å². The van der Waals surface area contributed by atoms with E-state index in [1.54, 1.807) is 23.3 Å². The van der Waals surface area contributed by atoms with Crippen LogP contribution in [0, 0.1) is 13.8 Å². The number of aliphatic imine (C=N–C) groups is 1. The highest BCUT2D eigenvalue weighted by molar-refractivity contribution is 7.11. The highest BCUT2D eigenvalue weighted by atomic mass is 32.1. The maximum atomic E-state index is 12.8. The molecule has 1 aromatic heterocycles. The zero-order valence-corrected chi connectivity index (χ0v) is 19.9. The topological polar surface area (TPSA) is 88.1 Å². The number of aryl methyl sites for hydroxylation is 2. The summed E-state index contributed by atoms with van der Waals surface area (Å²) < 4.78 is 11.7. The van der Waals surface area contributed by atoms with Gasteiger partial charge in [-0.05, 0) is 55.4 Å². The number of aromatic nitrogens is 1.